The lowest BCUT2D eigenvalue weighted by molar-refractivity contribution is -0.597. The summed E-state index contributed by atoms with van der Waals surface area (Å²) >= 11 is 0. The summed E-state index contributed by atoms with van der Waals surface area (Å²) in [5, 5.41) is 0. The van der Waals surface area contributed by atoms with Crippen LogP contribution in [0.4, 0.5) is 13.2 Å². The second-order valence-electron chi connectivity index (χ2n) is 7.24. The highest BCUT2D eigenvalue weighted by molar-refractivity contribution is 5.65. The Morgan fingerprint density at radius 1 is 0.633 bits per heavy atom. The van der Waals surface area contributed by atoms with Crippen LogP contribution in [0.3, 0.4) is 0 Å². The maximum absolute atomic E-state index is 13.4. The number of nitrogens with zero attached hydrogens (tertiary/aromatic N) is 2. The zero-order valence-electron chi connectivity index (χ0n) is 16.7. The Labute approximate surface area is 173 Å². The number of hydrogen-bond acceptors (Lipinski definition) is 0. The van der Waals surface area contributed by atoms with E-state index < -0.39 is 11.7 Å². The van der Waals surface area contributed by atoms with E-state index in [0.29, 0.717) is 0 Å². The molecule has 2 heterocycles. The topological polar surface area (TPSA) is 7.76 Å². The predicted molar refractivity (Wildman–Crippen MR) is 109 cm³/mol. The van der Waals surface area contributed by atoms with Crippen LogP contribution in [0.15, 0.2) is 91.5 Å². The van der Waals surface area contributed by atoms with Crippen LogP contribution in [-0.4, -0.2) is 0 Å². The largest absolute Gasteiger partial charge is 0.422 e. The van der Waals surface area contributed by atoms with E-state index in [2.05, 4.69) is 23.6 Å². The molecule has 30 heavy (non-hydrogen) atoms. The quantitative estimate of drug-likeness (QED) is 0.395. The Bertz CT molecular complexity index is 1200. The van der Waals surface area contributed by atoms with E-state index in [9.17, 15) is 13.2 Å². The normalized spacial score (nSPS) is 11.5. The molecule has 0 aliphatic carbocycles. The van der Waals surface area contributed by atoms with Crippen LogP contribution in [0.25, 0.3) is 22.5 Å². The lowest BCUT2D eigenvalue weighted by Crippen LogP contribution is -2.33. The number of benzene rings is 2. The fraction of sp³-hybridized carbons (Fsp3) is 0.120. The number of halogens is 3. The third-order valence-corrected chi connectivity index (χ3v) is 5.18. The number of pyridine rings is 2. The summed E-state index contributed by atoms with van der Waals surface area (Å²) < 4.78 is 43.7. The van der Waals surface area contributed by atoms with E-state index in [1.165, 1.54) is 22.3 Å². The fourth-order valence-corrected chi connectivity index (χ4v) is 3.64. The summed E-state index contributed by atoms with van der Waals surface area (Å²) in [6.07, 6.45) is 3.00. The van der Waals surface area contributed by atoms with Gasteiger partial charge in [-0.3, -0.25) is 0 Å². The molecule has 0 bridgehead atoms. The number of hydrogen-bond donors (Lipinski definition) is 0. The Morgan fingerprint density at radius 3 is 1.87 bits per heavy atom. The van der Waals surface area contributed by atoms with Crippen molar-refractivity contribution in [2.24, 2.45) is 0 Å². The molecule has 0 N–H and O–H groups in total. The lowest BCUT2D eigenvalue weighted by atomic mass is 10.0. The van der Waals surface area contributed by atoms with E-state index in [1.54, 1.807) is 18.5 Å². The van der Waals surface area contributed by atoms with Gasteiger partial charge >= 0.3 is 6.18 Å². The lowest BCUT2D eigenvalue weighted by Gasteiger charge is -2.10. The maximum Gasteiger partial charge on any atom is 0.422 e. The van der Waals surface area contributed by atoms with Crippen molar-refractivity contribution in [3.05, 3.63) is 108 Å². The Kier molecular flexibility index (Phi) is 5.12. The summed E-state index contributed by atoms with van der Waals surface area (Å²) in [4.78, 5) is 0. The molecule has 0 spiro atoms. The molecule has 0 atom stereocenters. The van der Waals surface area contributed by atoms with Gasteiger partial charge in [0.1, 0.15) is 5.56 Å². The standard InChI is InChI=1S/C25H21F3N2/c1-18-7-3-5-9-23(18)29-14-11-20(12-15-29)21-13-16-30(17-19(21)2)24-10-6-4-8-22(24)25(26,27)28/h3-17H,1-2H3/q+2. The van der Waals surface area contributed by atoms with Gasteiger partial charge in [0, 0.05) is 41.5 Å². The molecule has 2 aromatic heterocycles. The first-order chi connectivity index (χ1) is 14.3. The molecule has 5 heteroatoms. The molecular weight excluding hydrogens is 385 g/mol. The van der Waals surface area contributed by atoms with Crippen molar-refractivity contribution in [1.29, 1.82) is 0 Å². The third kappa shape index (κ3) is 3.83. The van der Waals surface area contributed by atoms with Gasteiger partial charge in [-0.15, -0.1) is 0 Å². The smallest absolute Gasteiger partial charge is 0.167 e. The minimum absolute atomic E-state index is 0.116. The van der Waals surface area contributed by atoms with Gasteiger partial charge in [0.25, 0.3) is 0 Å². The van der Waals surface area contributed by atoms with Crippen molar-refractivity contribution >= 4 is 0 Å². The molecule has 4 rings (SSSR count). The van der Waals surface area contributed by atoms with Crippen molar-refractivity contribution in [3.8, 4) is 22.5 Å². The van der Waals surface area contributed by atoms with E-state index in [4.69, 9.17) is 0 Å². The van der Waals surface area contributed by atoms with Crippen LogP contribution in [0.5, 0.6) is 0 Å². The minimum Gasteiger partial charge on any atom is -0.167 e. The van der Waals surface area contributed by atoms with Crippen LogP contribution in [0, 0.1) is 13.8 Å². The first-order valence-corrected chi connectivity index (χ1v) is 9.61. The van der Waals surface area contributed by atoms with E-state index >= 15 is 0 Å². The number of alkyl halides is 3. The summed E-state index contributed by atoms with van der Waals surface area (Å²) in [5.41, 5.74) is 4.63. The molecule has 0 radical (unpaired) electrons. The van der Waals surface area contributed by atoms with Crippen molar-refractivity contribution in [2.45, 2.75) is 20.0 Å². The molecule has 2 aromatic carbocycles. The van der Waals surface area contributed by atoms with Gasteiger partial charge in [0.15, 0.2) is 24.8 Å². The van der Waals surface area contributed by atoms with Gasteiger partial charge < -0.3 is 0 Å². The molecule has 0 saturated carbocycles. The number of aromatic nitrogens is 2. The average molecular weight is 406 g/mol. The Morgan fingerprint density at radius 2 is 1.23 bits per heavy atom. The van der Waals surface area contributed by atoms with Crippen LogP contribution in [0.2, 0.25) is 0 Å². The summed E-state index contributed by atoms with van der Waals surface area (Å²) in [6, 6.07) is 19.6. The van der Waals surface area contributed by atoms with Crippen LogP contribution < -0.4 is 9.13 Å². The van der Waals surface area contributed by atoms with Gasteiger partial charge in [0.05, 0.1) is 0 Å². The highest BCUT2D eigenvalue weighted by atomic mass is 19.4. The molecular formula is C25H21F3N2+2. The second-order valence-corrected chi connectivity index (χ2v) is 7.24. The van der Waals surface area contributed by atoms with E-state index in [1.807, 2.05) is 49.6 Å². The zero-order chi connectivity index (χ0) is 21.3. The zero-order valence-corrected chi connectivity index (χ0v) is 16.7. The van der Waals surface area contributed by atoms with Crippen LogP contribution >= 0.6 is 0 Å². The second kappa shape index (κ2) is 7.75. The molecule has 0 fully saturated rings. The van der Waals surface area contributed by atoms with Crippen LogP contribution in [0.1, 0.15) is 16.7 Å². The van der Waals surface area contributed by atoms with Crippen molar-refractivity contribution in [2.75, 3.05) is 0 Å². The van der Waals surface area contributed by atoms with Gasteiger partial charge in [-0.1, -0.05) is 30.3 Å². The Balaban J connectivity index is 1.69. The van der Waals surface area contributed by atoms with Gasteiger partial charge in [-0.05, 0) is 31.0 Å². The Hall–Kier alpha value is -3.47. The first kappa shape index (κ1) is 19.8. The SMILES string of the molecule is Cc1c[n+](-c2ccccc2C(F)(F)F)ccc1-c1cc[n+](-c2ccccc2C)cc1. The summed E-state index contributed by atoms with van der Waals surface area (Å²) in [7, 11) is 0. The molecule has 0 aliphatic rings. The van der Waals surface area contributed by atoms with Gasteiger partial charge in [-0.25, -0.2) is 0 Å². The molecule has 0 aliphatic heterocycles. The van der Waals surface area contributed by atoms with Crippen molar-refractivity contribution in [3.63, 3.8) is 0 Å². The van der Waals surface area contributed by atoms with E-state index in [0.717, 1.165) is 28.4 Å². The minimum atomic E-state index is -4.40. The van der Waals surface area contributed by atoms with E-state index in [-0.39, 0.29) is 5.69 Å². The number of para-hydroxylation sites is 2. The monoisotopic (exact) mass is 406 g/mol. The van der Waals surface area contributed by atoms with Crippen molar-refractivity contribution in [1.82, 2.24) is 0 Å². The highest BCUT2D eigenvalue weighted by Crippen LogP contribution is 2.32. The summed E-state index contributed by atoms with van der Waals surface area (Å²) in [6.45, 7) is 3.97. The third-order valence-electron chi connectivity index (χ3n) is 5.18. The molecule has 150 valence electrons. The van der Waals surface area contributed by atoms with Crippen molar-refractivity contribution < 1.29 is 22.3 Å². The molecule has 4 aromatic rings. The molecule has 0 saturated heterocycles. The van der Waals surface area contributed by atoms with Gasteiger partial charge in [-0.2, -0.15) is 22.3 Å². The molecule has 0 unspecified atom stereocenters. The molecule has 0 amide bonds. The van der Waals surface area contributed by atoms with Crippen LogP contribution in [-0.2, 0) is 6.18 Å². The molecule has 2 nitrogen and oxygen atoms in total. The maximum atomic E-state index is 13.4. The highest BCUT2D eigenvalue weighted by Gasteiger charge is 2.36. The fourth-order valence-electron chi connectivity index (χ4n) is 3.64. The number of aryl methyl sites for hydroxylation is 2. The average Bonchev–Trinajstić information content (AvgIpc) is 2.74. The summed E-state index contributed by atoms with van der Waals surface area (Å²) in [5.74, 6) is 0. The van der Waals surface area contributed by atoms with Gasteiger partial charge in [0.2, 0.25) is 11.4 Å². The predicted octanol–water partition coefficient (Wildman–Crippen LogP) is 5.54. The first-order valence-electron chi connectivity index (χ1n) is 9.61. The number of rotatable bonds is 3.